The van der Waals surface area contributed by atoms with Gasteiger partial charge >= 0.3 is 0 Å². The third-order valence-corrected chi connectivity index (χ3v) is 4.36. The Morgan fingerprint density at radius 1 is 1.34 bits per heavy atom. The van der Waals surface area contributed by atoms with Gasteiger partial charge in [0.05, 0.1) is 28.3 Å². The highest BCUT2D eigenvalue weighted by Crippen LogP contribution is 2.25. The molecule has 152 valence electrons. The second-order valence-corrected chi connectivity index (χ2v) is 7.28. The average Bonchev–Trinajstić information content (AvgIpc) is 2.96. The molecule has 2 amide bonds. The number of amides is 2. The van der Waals surface area contributed by atoms with Gasteiger partial charge in [-0.3, -0.25) is 14.4 Å². The molecule has 29 heavy (non-hydrogen) atoms. The maximum atomic E-state index is 13.4. The summed E-state index contributed by atoms with van der Waals surface area (Å²) in [6.45, 7) is 2.67. The number of nitriles is 1. The average molecular weight is 421 g/mol. The first-order chi connectivity index (χ1) is 13.5. The van der Waals surface area contributed by atoms with Crippen molar-refractivity contribution in [3.05, 3.63) is 52.1 Å². The van der Waals surface area contributed by atoms with Crippen LogP contribution in [0, 0.1) is 17.1 Å². The van der Waals surface area contributed by atoms with Crippen molar-refractivity contribution in [3.8, 4) is 6.07 Å². The van der Waals surface area contributed by atoms with Gasteiger partial charge in [-0.25, -0.2) is 4.39 Å². The Kier molecular flexibility index (Phi) is 6.41. The van der Waals surface area contributed by atoms with Gasteiger partial charge in [-0.2, -0.15) is 5.26 Å². The molecule has 3 N–H and O–H groups in total. The van der Waals surface area contributed by atoms with Crippen LogP contribution in [0.15, 0.2) is 24.4 Å². The normalized spacial score (nSPS) is 10.9. The van der Waals surface area contributed by atoms with E-state index in [9.17, 15) is 23.9 Å². The molecule has 2 rings (SSSR count). The Morgan fingerprint density at radius 2 is 2.00 bits per heavy atom. The maximum absolute atomic E-state index is 13.4. The van der Waals surface area contributed by atoms with E-state index in [0.29, 0.717) is 0 Å². The molecular formula is C19H18ClFN4O4. The van der Waals surface area contributed by atoms with Crippen molar-refractivity contribution in [2.75, 3.05) is 11.9 Å². The fourth-order valence-electron chi connectivity index (χ4n) is 2.42. The molecule has 0 spiro atoms. The van der Waals surface area contributed by atoms with Crippen LogP contribution in [0.4, 0.5) is 10.1 Å². The Bertz CT molecular complexity index is 1040. The summed E-state index contributed by atoms with van der Waals surface area (Å²) in [5.74, 6) is -3.41. The van der Waals surface area contributed by atoms with Crippen molar-refractivity contribution in [1.29, 1.82) is 5.26 Å². The maximum Gasteiger partial charge on any atom is 0.292 e. The van der Waals surface area contributed by atoms with E-state index in [-0.39, 0.29) is 34.1 Å². The number of aryl methyl sites for hydroxylation is 1. The highest BCUT2D eigenvalue weighted by Gasteiger charge is 2.29. The Morgan fingerprint density at radius 3 is 2.59 bits per heavy atom. The number of hydrogen-bond acceptors (Lipinski definition) is 5. The summed E-state index contributed by atoms with van der Waals surface area (Å²) in [6, 6.07) is 5.11. The van der Waals surface area contributed by atoms with Crippen molar-refractivity contribution in [2.45, 2.75) is 19.4 Å². The number of hydrogen-bond donors (Lipinski definition) is 3. The molecule has 0 saturated carbocycles. The van der Waals surface area contributed by atoms with Gasteiger partial charge in [0.25, 0.3) is 17.6 Å². The molecule has 1 aromatic heterocycles. The number of carbonyl (C=O) groups is 3. The molecule has 0 bridgehead atoms. The lowest BCUT2D eigenvalue weighted by atomic mass is 10.1. The number of ketones is 1. The topological polar surface area (TPSA) is 124 Å². The molecule has 8 nitrogen and oxygen atoms in total. The second-order valence-electron chi connectivity index (χ2n) is 6.90. The number of Topliss-reactive ketones (excluding diaryl/α,β-unsaturated/α-hetero) is 1. The van der Waals surface area contributed by atoms with E-state index in [1.807, 2.05) is 0 Å². The number of benzene rings is 1. The van der Waals surface area contributed by atoms with Gasteiger partial charge in [-0.05, 0) is 32.0 Å². The lowest BCUT2D eigenvalue weighted by Crippen LogP contribution is -2.48. The van der Waals surface area contributed by atoms with Crippen molar-refractivity contribution < 1.29 is 23.9 Å². The fraction of sp³-hybridized carbons (Fsp3) is 0.263. The van der Waals surface area contributed by atoms with Gasteiger partial charge in [0.15, 0.2) is 0 Å². The molecule has 0 aliphatic heterocycles. The molecule has 0 aliphatic carbocycles. The first-order valence-corrected chi connectivity index (χ1v) is 8.72. The highest BCUT2D eigenvalue weighted by atomic mass is 35.5. The first-order valence-electron chi connectivity index (χ1n) is 8.34. The van der Waals surface area contributed by atoms with E-state index in [0.717, 1.165) is 12.1 Å². The van der Waals surface area contributed by atoms with E-state index in [2.05, 4.69) is 10.6 Å². The minimum Gasteiger partial charge on any atom is -0.394 e. The zero-order valence-corrected chi connectivity index (χ0v) is 16.6. The summed E-state index contributed by atoms with van der Waals surface area (Å²) in [5, 5.41) is 22.7. The molecule has 0 atom stereocenters. The highest BCUT2D eigenvalue weighted by molar-refractivity contribution is 6.48. The van der Waals surface area contributed by atoms with Crippen molar-refractivity contribution in [1.82, 2.24) is 9.88 Å². The number of nitrogens with one attached hydrogen (secondary N) is 2. The lowest BCUT2D eigenvalue weighted by Gasteiger charge is -2.22. The van der Waals surface area contributed by atoms with Crippen LogP contribution in [-0.4, -0.2) is 39.4 Å². The molecule has 0 unspecified atom stereocenters. The molecule has 0 aliphatic rings. The van der Waals surface area contributed by atoms with Gasteiger partial charge < -0.3 is 20.3 Å². The van der Waals surface area contributed by atoms with Crippen LogP contribution in [0.5, 0.6) is 0 Å². The van der Waals surface area contributed by atoms with Crippen molar-refractivity contribution in [2.24, 2.45) is 7.05 Å². The Labute approximate surface area is 170 Å². The van der Waals surface area contributed by atoms with Crippen LogP contribution in [-0.2, 0) is 11.8 Å². The smallest absolute Gasteiger partial charge is 0.292 e. The summed E-state index contributed by atoms with van der Waals surface area (Å²) in [5.41, 5.74) is -1.41. The number of nitrogens with zero attached hydrogens (tertiary/aromatic N) is 2. The largest absolute Gasteiger partial charge is 0.394 e. The van der Waals surface area contributed by atoms with Gasteiger partial charge in [-0.1, -0.05) is 11.6 Å². The molecule has 1 heterocycles. The Hall–Kier alpha value is -3.22. The predicted molar refractivity (Wildman–Crippen MR) is 103 cm³/mol. The molecule has 0 fully saturated rings. The van der Waals surface area contributed by atoms with Crippen LogP contribution in [0.3, 0.4) is 0 Å². The minimum absolute atomic E-state index is 0.105. The lowest BCUT2D eigenvalue weighted by molar-refractivity contribution is -0.118. The van der Waals surface area contributed by atoms with Crippen LogP contribution < -0.4 is 10.6 Å². The van der Waals surface area contributed by atoms with E-state index >= 15 is 0 Å². The Balaban J connectivity index is 2.29. The zero-order chi connectivity index (χ0) is 21.9. The monoisotopic (exact) mass is 420 g/mol. The summed E-state index contributed by atoms with van der Waals surface area (Å²) < 4.78 is 14.7. The van der Waals surface area contributed by atoms with Gasteiger partial charge in [0.2, 0.25) is 0 Å². The molecule has 0 radical (unpaired) electrons. The van der Waals surface area contributed by atoms with Gasteiger partial charge in [-0.15, -0.1) is 0 Å². The molecule has 1 aromatic carbocycles. The number of aliphatic hydroxyl groups excluding tert-OH is 1. The summed E-state index contributed by atoms with van der Waals surface area (Å²) in [7, 11) is 1.46. The number of halogens is 2. The third-order valence-electron chi connectivity index (χ3n) is 3.98. The van der Waals surface area contributed by atoms with Crippen LogP contribution >= 0.6 is 11.6 Å². The van der Waals surface area contributed by atoms with Gasteiger partial charge in [0.1, 0.15) is 17.6 Å². The number of anilines is 1. The third kappa shape index (κ3) is 4.80. The van der Waals surface area contributed by atoms with Crippen molar-refractivity contribution >= 4 is 34.9 Å². The molecular weight excluding hydrogens is 403 g/mol. The zero-order valence-electron chi connectivity index (χ0n) is 15.8. The SMILES string of the molecule is Cn1cc(C(=O)C(=O)NC(C)(C)CO)c(Cl)c1C(=O)Nc1ccc(F)c(C#N)c1. The van der Waals surface area contributed by atoms with E-state index in [4.69, 9.17) is 16.9 Å². The minimum atomic E-state index is -1.02. The van der Waals surface area contributed by atoms with Crippen LogP contribution in [0.1, 0.15) is 40.3 Å². The van der Waals surface area contributed by atoms with Gasteiger partial charge in [0, 0.05) is 18.9 Å². The first kappa shape index (κ1) is 22.1. The van der Waals surface area contributed by atoms with Crippen LogP contribution in [0.2, 0.25) is 5.02 Å². The predicted octanol–water partition coefficient (Wildman–Crippen LogP) is 2.01. The number of rotatable bonds is 6. The number of aliphatic hydroxyl groups is 1. The van der Waals surface area contributed by atoms with Crippen molar-refractivity contribution in [3.63, 3.8) is 0 Å². The summed E-state index contributed by atoms with van der Waals surface area (Å²) in [4.78, 5) is 37.2. The summed E-state index contributed by atoms with van der Waals surface area (Å²) >= 11 is 6.17. The fourth-order valence-corrected chi connectivity index (χ4v) is 2.77. The molecule has 0 saturated heterocycles. The summed E-state index contributed by atoms with van der Waals surface area (Å²) in [6.07, 6.45) is 1.23. The molecule has 2 aromatic rings. The molecule has 10 heteroatoms. The standard InChI is InChI=1S/C19H18ClFN4O4/c1-19(2,9-26)24-18(29)16(27)12-8-25(3)15(14(12)20)17(28)23-11-4-5-13(21)10(6-11)7-22/h4-6,8,26H,9H2,1-3H3,(H,23,28)(H,24,29). The number of aromatic nitrogens is 1. The van der Waals surface area contributed by atoms with E-state index in [1.54, 1.807) is 6.07 Å². The van der Waals surface area contributed by atoms with E-state index in [1.165, 1.54) is 37.7 Å². The number of carbonyl (C=O) groups excluding carboxylic acids is 3. The second kappa shape index (κ2) is 8.43. The van der Waals surface area contributed by atoms with E-state index < -0.39 is 29.0 Å². The van der Waals surface area contributed by atoms with Crippen LogP contribution in [0.25, 0.3) is 0 Å². The quantitative estimate of drug-likeness (QED) is 0.487.